The molecular weight excluding hydrogens is 501 g/mol. The molecule has 1 aliphatic heterocycles. The van der Waals surface area contributed by atoms with E-state index in [0.29, 0.717) is 34.7 Å². The second-order valence-corrected chi connectivity index (χ2v) is 10.0. The molecule has 1 aliphatic rings. The number of benzene rings is 2. The molecule has 0 N–H and O–H groups in total. The highest BCUT2D eigenvalue weighted by molar-refractivity contribution is 7.98. The summed E-state index contributed by atoms with van der Waals surface area (Å²) in [7, 11) is 0. The van der Waals surface area contributed by atoms with Gasteiger partial charge in [0.2, 0.25) is 0 Å². The minimum atomic E-state index is 0.0667. The van der Waals surface area contributed by atoms with Crippen LogP contribution in [-0.2, 0) is 5.75 Å². The molecule has 1 fully saturated rings. The molecule has 1 saturated heterocycles. The Morgan fingerprint density at radius 3 is 2.34 bits per heavy atom. The number of amides is 1. The average Bonchev–Trinajstić information content (AvgIpc) is 2.88. The van der Waals surface area contributed by atoms with Gasteiger partial charge in [-0.3, -0.25) is 4.79 Å². The number of anilines is 2. The molecule has 0 saturated carbocycles. The minimum Gasteiger partial charge on any atom is -0.368 e. The van der Waals surface area contributed by atoms with E-state index in [-0.39, 0.29) is 5.91 Å². The number of hydrogen-bond donors (Lipinski definition) is 0. The van der Waals surface area contributed by atoms with Crippen LogP contribution >= 0.6 is 35.0 Å². The number of piperazine rings is 1. The fourth-order valence-electron chi connectivity index (χ4n) is 4.07. The largest absolute Gasteiger partial charge is 0.368 e. The molecule has 2 aromatic carbocycles. The summed E-state index contributed by atoms with van der Waals surface area (Å²) in [6.45, 7) is 8.85. The van der Waals surface area contributed by atoms with Crippen LogP contribution in [0.4, 0.5) is 11.5 Å². The van der Waals surface area contributed by atoms with Gasteiger partial charge in [0, 0.05) is 67.4 Å². The summed E-state index contributed by atoms with van der Waals surface area (Å²) >= 11 is 13.9. The Balaban J connectivity index is 1.32. The van der Waals surface area contributed by atoms with Gasteiger partial charge >= 0.3 is 0 Å². The van der Waals surface area contributed by atoms with Crippen LogP contribution in [0.15, 0.2) is 59.8 Å². The van der Waals surface area contributed by atoms with E-state index in [1.54, 1.807) is 6.07 Å². The average molecular weight is 531 g/mol. The first-order valence-corrected chi connectivity index (χ1v) is 13.5. The van der Waals surface area contributed by atoms with Gasteiger partial charge in [-0.05, 0) is 49.7 Å². The Labute approximate surface area is 221 Å². The molecular formula is C26H29Cl2N5OS. The van der Waals surface area contributed by atoms with E-state index in [1.165, 1.54) is 11.8 Å². The first-order chi connectivity index (χ1) is 17.0. The van der Waals surface area contributed by atoms with Crippen molar-refractivity contribution in [2.24, 2.45) is 0 Å². The topological polar surface area (TPSA) is 52.6 Å². The number of carbonyl (C=O) groups is 1. The van der Waals surface area contributed by atoms with Crippen molar-refractivity contribution in [1.82, 2.24) is 14.9 Å². The smallest absolute Gasteiger partial charge is 0.253 e. The lowest BCUT2D eigenvalue weighted by molar-refractivity contribution is 0.0747. The second-order valence-electron chi connectivity index (χ2n) is 8.25. The summed E-state index contributed by atoms with van der Waals surface area (Å²) in [6, 6.07) is 17.5. The number of aromatic nitrogens is 2. The molecule has 184 valence electrons. The summed E-state index contributed by atoms with van der Waals surface area (Å²) in [4.78, 5) is 28.4. The lowest BCUT2D eigenvalue weighted by Gasteiger charge is -2.36. The van der Waals surface area contributed by atoms with Crippen molar-refractivity contribution in [3.63, 3.8) is 0 Å². The van der Waals surface area contributed by atoms with Crippen LogP contribution < -0.4 is 9.80 Å². The Morgan fingerprint density at radius 1 is 0.971 bits per heavy atom. The van der Waals surface area contributed by atoms with E-state index < -0.39 is 0 Å². The van der Waals surface area contributed by atoms with E-state index in [4.69, 9.17) is 23.2 Å². The van der Waals surface area contributed by atoms with Crippen molar-refractivity contribution in [1.29, 1.82) is 0 Å². The Bertz CT molecular complexity index is 1150. The van der Waals surface area contributed by atoms with Crippen LogP contribution in [0.2, 0.25) is 10.2 Å². The maximum atomic E-state index is 13.0. The van der Waals surface area contributed by atoms with Crippen LogP contribution in [0.3, 0.4) is 0 Å². The fourth-order valence-corrected chi connectivity index (χ4v) is 5.30. The SMILES string of the molecule is CCN(CC)c1cc(Cl)nc(SCc2ccc(C(=O)N3CCN(c4cccc(Cl)c4)CC3)cc2)n1. The highest BCUT2D eigenvalue weighted by Crippen LogP contribution is 2.25. The van der Waals surface area contributed by atoms with E-state index in [0.717, 1.165) is 48.3 Å². The number of hydrogen-bond acceptors (Lipinski definition) is 6. The Hall–Kier alpha value is -2.48. The number of nitrogens with zero attached hydrogens (tertiary/aromatic N) is 5. The minimum absolute atomic E-state index is 0.0667. The Morgan fingerprint density at radius 2 is 1.69 bits per heavy atom. The molecule has 6 nitrogen and oxygen atoms in total. The number of rotatable bonds is 8. The normalized spacial score (nSPS) is 13.7. The number of halogens is 2. The van der Waals surface area contributed by atoms with Gasteiger partial charge in [0.25, 0.3) is 5.91 Å². The predicted octanol–water partition coefficient (Wildman–Crippen LogP) is 5.88. The predicted molar refractivity (Wildman–Crippen MR) is 146 cm³/mol. The zero-order valence-corrected chi connectivity index (χ0v) is 22.3. The van der Waals surface area contributed by atoms with Crippen molar-refractivity contribution >= 4 is 52.4 Å². The van der Waals surface area contributed by atoms with Crippen molar-refractivity contribution in [3.05, 3.63) is 75.9 Å². The molecule has 35 heavy (non-hydrogen) atoms. The zero-order valence-electron chi connectivity index (χ0n) is 20.0. The first kappa shape index (κ1) is 25.6. The van der Waals surface area contributed by atoms with Crippen molar-refractivity contribution in [3.8, 4) is 0 Å². The molecule has 4 rings (SSSR count). The van der Waals surface area contributed by atoms with E-state index in [2.05, 4.69) is 39.7 Å². The molecule has 9 heteroatoms. The van der Waals surface area contributed by atoms with Gasteiger partial charge in [0.15, 0.2) is 5.16 Å². The van der Waals surface area contributed by atoms with Gasteiger partial charge < -0.3 is 14.7 Å². The monoisotopic (exact) mass is 529 g/mol. The maximum Gasteiger partial charge on any atom is 0.253 e. The third-order valence-corrected chi connectivity index (χ3v) is 7.40. The molecule has 1 aromatic heterocycles. The highest BCUT2D eigenvalue weighted by atomic mass is 35.5. The molecule has 0 bridgehead atoms. The standard InChI is InChI=1S/C26H29Cl2N5OS/c1-3-31(4-2)24-17-23(28)29-26(30-24)35-18-19-8-10-20(11-9-19)25(34)33-14-12-32(13-15-33)22-7-5-6-21(27)16-22/h5-11,16-17H,3-4,12-15,18H2,1-2H3. The van der Waals surface area contributed by atoms with Gasteiger partial charge in [-0.25, -0.2) is 9.97 Å². The zero-order chi connectivity index (χ0) is 24.8. The lowest BCUT2D eigenvalue weighted by Crippen LogP contribution is -2.48. The Kier molecular flexibility index (Phi) is 8.76. The quantitative estimate of drug-likeness (QED) is 0.206. The van der Waals surface area contributed by atoms with Crippen molar-refractivity contribution < 1.29 is 4.79 Å². The van der Waals surface area contributed by atoms with Crippen LogP contribution in [0.5, 0.6) is 0 Å². The van der Waals surface area contributed by atoms with E-state index in [9.17, 15) is 4.79 Å². The second kappa shape index (κ2) is 12.0. The molecule has 1 amide bonds. The molecule has 0 unspecified atom stereocenters. The van der Waals surface area contributed by atoms with Gasteiger partial charge in [-0.2, -0.15) is 0 Å². The lowest BCUT2D eigenvalue weighted by atomic mass is 10.1. The van der Waals surface area contributed by atoms with Gasteiger partial charge in [0.05, 0.1) is 0 Å². The van der Waals surface area contributed by atoms with Crippen molar-refractivity contribution in [2.45, 2.75) is 24.8 Å². The molecule has 2 heterocycles. The number of carbonyl (C=O) groups excluding carboxylic acids is 1. The summed E-state index contributed by atoms with van der Waals surface area (Å²) in [5.74, 6) is 1.61. The summed E-state index contributed by atoms with van der Waals surface area (Å²) in [5.41, 5.74) is 2.91. The van der Waals surface area contributed by atoms with Gasteiger partial charge in [-0.15, -0.1) is 0 Å². The third kappa shape index (κ3) is 6.60. The fraction of sp³-hybridized carbons (Fsp3) is 0.346. The van der Waals surface area contributed by atoms with E-state index >= 15 is 0 Å². The first-order valence-electron chi connectivity index (χ1n) is 11.8. The third-order valence-electron chi connectivity index (χ3n) is 6.06. The van der Waals surface area contributed by atoms with Gasteiger partial charge in [-0.1, -0.05) is 53.2 Å². The molecule has 0 atom stereocenters. The summed E-state index contributed by atoms with van der Waals surface area (Å²) in [6.07, 6.45) is 0. The molecule has 0 aliphatic carbocycles. The summed E-state index contributed by atoms with van der Waals surface area (Å²) in [5, 5.41) is 1.82. The molecule has 0 radical (unpaired) electrons. The number of thioether (sulfide) groups is 1. The van der Waals surface area contributed by atoms with Crippen molar-refractivity contribution in [2.75, 3.05) is 49.1 Å². The van der Waals surface area contributed by atoms with E-state index in [1.807, 2.05) is 47.4 Å². The molecule has 0 spiro atoms. The maximum absolute atomic E-state index is 13.0. The van der Waals surface area contributed by atoms with Crippen LogP contribution in [-0.4, -0.2) is 60.0 Å². The highest BCUT2D eigenvalue weighted by Gasteiger charge is 2.22. The van der Waals surface area contributed by atoms with Crippen LogP contribution in [0, 0.1) is 0 Å². The van der Waals surface area contributed by atoms with Crippen LogP contribution in [0.25, 0.3) is 0 Å². The summed E-state index contributed by atoms with van der Waals surface area (Å²) < 4.78 is 0. The van der Waals surface area contributed by atoms with Gasteiger partial charge in [0.1, 0.15) is 11.0 Å². The molecule has 3 aromatic rings. The van der Waals surface area contributed by atoms with Crippen LogP contribution in [0.1, 0.15) is 29.8 Å².